The van der Waals surface area contributed by atoms with Crippen molar-refractivity contribution in [1.82, 2.24) is 20.2 Å². The topological polar surface area (TPSA) is 63.5 Å². The lowest BCUT2D eigenvalue weighted by Gasteiger charge is -2.12. The second-order valence-electron chi connectivity index (χ2n) is 6.13. The van der Waals surface area contributed by atoms with Crippen LogP contribution in [0.1, 0.15) is 24.5 Å². The molecule has 1 aliphatic rings. The van der Waals surface area contributed by atoms with E-state index in [2.05, 4.69) is 50.3 Å². The lowest BCUT2D eigenvalue weighted by atomic mass is 10.1. The number of hydrogen-bond donors (Lipinski definition) is 2. The molecule has 2 aromatic rings. The van der Waals surface area contributed by atoms with E-state index in [9.17, 15) is 0 Å². The van der Waals surface area contributed by atoms with Gasteiger partial charge >= 0.3 is 0 Å². The van der Waals surface area contributed by atoms with Crippen LogP contribution in [0.15, 0.2) is 41.9 Å². The molecular formula is C19H28IN5O. The summed E-state index contributed by atoms with van der Waals surface area (Å²) in [4.78, 5) is 8.69. The number of fused-ring (bicyclic) bond motifs is 1. The van der Waals surface area contributed by atoms with Gasteiger partial charge in [-0.05, 0) is 37.0 Å². The largest absolute Gasteiger partial charge is 0.493 e. The molecule has 0 spiro atoms. The summed E-state index contributed by atoms with van der Waals surface area (Å²) in [6.45, 7) is 6.37. The Balaban J connectivity index is 0.00000243. The number of imidazole rings is 1. The average molecular weight is 469 g/mol. The summed E-state index contributed by atoms with van der Waals surface area (Å²) in [6, 6.07) is 6.51. The Labute approximate surface area is 172 Å². The zero-order valence-corrected chi connectivity index (χ0v) is 17.6. The molecule has 7 heteroatoms. The van der Waals surface area contributed by atoms with Gasteiger partial charge in [-0.1, -0.05) is 12.1 Å². The highest BCUT2D eigenvalue weighted by Crippen LogP contribution is 2.25. The van der Waals surface area contributed by atoms with Crippen molar-refractivity contribution in [1.29, 1.82) is 0 Å². The van der Waals surface area contributed by atoms with Crippen molar-refractivity contribution in [3.8, 4) is 5.75 Å². The van der Waals surface area contributed by atoms with Crippen molar-refractivity contribution in [2.24, 2.45) is 4.99 Å². The van der Waals surface area contributed by atoms with Crippen LogP contribution in [0.5, 0.6) is 5.75 Å². The number of aromatic nitrogens is 2. The SMILES string of the molecule is CCNC(=NCCCn1ccnc1)NCCc1ccc2c(c1)CCO2.I. The summed E-state index contributed by atoms with van der Waals surface area (Å²) in [5.74, 6) is 1.93. The van der Waals surface area contributed by atoms with Gasteiger partial charge in [-0.3, -0.25) is 4.99 Å². The molecule has 26 heavy (non-hydrogen) atoms. The molecule has 0 aliphatic carbocycles. The minimum atomic E-state index is 0. The Kier molecular flexibility index (Phi) is 8.73. The highest BCUT2D eigenvalue weighted by atomic mass is 127. The zero-order valence-electron chi connectivity index (χ0n) is 15.3. The monoisotopic (exact) mass is 469 g/mol. The number of aryl methyl sites for hydroxylation is 1. The Bertz CT molecular complexity index is 687. The number of nitrogens with zero attached hydrogens (tertiary/aromatic N) is 3. The van der Waals surface area contributed by atoms with E-state index >= 15 is 0 Å². The molecule has 2 heterocycles. The zero-order chi connectivity index (χ0) is 17.3. The van der Waals surface area contributed by atoms with Crippen molar-refractivity contribution >= 4 is 29.9 Å². The van der Waals surface area contributed by atoms with Crippen LogP contribution in [0.3, 0.4) is 0 Å². The number of guanidine groups is 1. The smallest absolute Gasteiger partial charge is 0.191 e. The van der Waals surface area contributed by atoms with Gasteiger partial charge in [0.25, 0.3) is 0 Å². The first-order valence-electron chi connectivity index (χ1n) is 9.07. The quantitative estimate of drug-likeness (QED) is 0.270. The van der Waals surface area contributed by atoms with Gasteiger partial charge < -0.3 is 19.9 Å². The van der Waals surface area contributed by atoms with Gasteiger partial charge in [-0.2, -0.15) is 0 Å². The van der Waals surface area contributed by atoms with Crippen LogP contribution < -0.4 is 15.4 Å². The third-order valence-electron chi connectivity index (χ3n) is 4.21. The van der Waals surface area contributed by atoms with E-state index in [0.717, 1.165) is 63.8 Å². The normalized spacial score (nSPS) is 12.9. The Morgan fingerprint density at radius 3 is 3.08 bits per heavy atom. The first kappa shape index (κ1) is 20.5. The lowest BCUT2D eigenvalue weighted by Crippen LogP contribution is -2.38. The van der Waals surface area contributed by atoms with Crippen LogP contribution in [-0.2, 0) is 19.4 Å². The number of benzene rings is 1. The van der Waals surface area contributed by atoms with Gasteiger partial charge in [0.1, 0.15) is 5.75 Å². The molecule has 0 bridgehead atoms. The van der Waals surface area contributed by atoms with E-state index in [4.69, 9.17) is 4.74 Å². The highest BCUT2D eigenvalue weighted by molar-refractivity contribution is 14.0. The molecule has 1 aromatic heterocycles. The predicted molar refractivity (Wildman–Crippen MR) is 116 cm³/mol. The van der Waals surface area contributed by atoms with Gasteiger partial charge in [0.15, 0.2) is 5.96 Å². The standard InChI is InChI=1S/C19H27N5O.HI/c1-2-21-19(22-8-3-11-24-12-10-20-15-24)23-9-6-16-4-5-18-17(14-16)7-13-25-18;/h4-5,10,12,14-15H,2-3,6-9,11,13H2,1H3,(H2,21,22,23);1H. The maximum absolute atomic E-state index is 5.56. The van der Waals surface area contributed by atoms with Crippen molar-refractivity contribution in [2.75, 3.05) is 26.2 Å². The maximum atomic E-state index is 5.56. The lowest BCUT2D eigenvalue weighted by molar-refractivity contribution is 0.357. The summed E-state index contributed by atoms with van der Waals surface area (Å²) in [7, 11) is 0. The Hall–Kier alpha value is -1.77. The van der Waals surface area contributed by atoms with Crippen LogP contribution in [0.4, 0.5) is 0 Å². The molecular weight excluding hydrogens is 441 g/mol. The molecule has 2 N–H and O–H groups in total. The van der Waals surface area contributed by atoms with Gasteiger partial charge in [0, 0.05) is 45.0 Å². The van der Waals surface area contributed by atoms with E-state index < -0.39 is 0 Å². The van der Waals surface area contributed by atoms with Gasteiger partial charge in [0.2, 0.25) is 0 Å². The van der Waals surface area contributed by atoms with Crippen molar-refractivity contribution in [2.45, 2.75) is 32.7 Å². The average Bonchev–Trinajstić information content (AvgIpc) is 3.29. The maximum Gasteiger partial charge on any atom is 0.191 e. The fourth-order valence-corrected chi connectivity index (χ4v) is 2.93. The van der Waals surface area contributed by atoms with Gasteiger partial charge in [-0.25, -0.2) is 4.98 Å². The number of halogens is 1. The number of aliphatic imine (C=N–C) groups is 1. The van der Waals surface area contributed by atoms with E-state index in [1.165, 1.54) is 11.1 Å². The van der Waals surface area contributed by atoms with Gasteiger partial charge in [0.05, 0.1) is 12.9 Å². The molecule has 6 nitrogen and oxygen atoms in total. The third kappa shape index (κ3) is 6.19. The van der Waals surface area contributed by atoms with E-state index in [1.54, 1.807) is 6.20 Å². The first-order valence-corrected chi connectivity index (χ1v) is 9.07. The van der Waals surface area contributed by atoms with Crippen molar-refractivity contribution in [3.63, 3.8) is 0 Å². The first-order chi connectivity index (χ1) is 12.3. The van der Waals surface area contributed by atoms with Crippen molar-refractivity contribution < 1.29 is 4.74 Å². The Morgan fingerprint density at radius 1 is 1.35 bits per heavy atom. The number of ether oxygens (including phenoxy) is 1. The summed E-state index contributed by atoms with van der Waals surface area (Å²) in [5.41, 5.74) is 2.67. The molecule has 0 saturated carbocycles. The Morgan fingerprint density at radius 2 is 2.27 bits per heavy atom. The molecule has 1 aromatic carbocycles. The van der Waals surface area contributed by atoms with Crippen molar-refractivity contribution in [3.05, 3.63) is 48.0 Å². The second kappa shape index (κ2) is 11.1. The number of nitrogens with one attached hydrogen (secondary N) is 2. The highest BCUT2D eigenvalue weighted by Gasteiger charge is 2.11. The minimum Gasteiger partial charge on any atom is -0.493 e. The van der Waals surface area contributed by atoms with E-state index in [0.29, 0.717) is 0 Å². The van der Waals surface area contributed by atoms with Crippen LogP contribution in [0.25, 0.3) is 0 Å². The van der Waals surface area contributed by atoms with E-state index in [-0.39, 0.29) is 24.0 Å². The minimum absolute atomic E-state index is 0. The molecule has 0 unspecified atom stereocenters. The summed E-state index contributed by atoms with van der Waals surface area (Å²) < 4.78 is 7.64. The predicted octanol–water partition coefficient (Wildman–Crippen LogP) is 2.62. The molecule has 0 atom stereocenters. The molecule has 0 fully saturated rings. The van der Waals surface area contributed by atoms with Gasteiger partial charge in [-0.15, -0.1) is 24.0 Å². The molecule has 1 aliphatic heterocycles. The fourth-order valence-electron chi connectivity index (χ4n) is 2.93. The molecule has 0 radical (unpaired) electrons. The molecule has 142 valence electrons. The molecule has 0 amide bonds. The van der Waals surface area contributed by atoms with Crippen LogP contribution in [-0.4, -0.2) is 41.8 Å². The van der Waals surface area contributed by atoms with Crippen LogP contribution in [0, 0.1) is 0 Å². The molecule has 3 rings (SSSR count). The summed E-state index contributed by atoms with van der Waals surface area (Å²) >= 11 is 0. The summed E-state index contributed by atoms with van der Waals surface area (Å²) in [6.07, 6.45) is 8.63. The molecule has 0 saturated heterocycles. The second-order valence-corrected chi connectivity index (χ2v) is 6.13. The third-order valence-corrected chi connectivity index (χ3v) is 4.21. The number of rotatable bonds is 8. The summed E-state index contributed by atoms with van der Waals surface area (Å²) in [5, 5.41) is 6.72. The van der Waals surface area contributed by atoms with Crippen LogP contribution >= 0.6 is 24.0 Å². The van der Waals surface area contributed by atoms with E-state index in [1.807, 2.05) is 12.5 Å². The number of hydrogen-bond acceptors (Lipinski definition) is 3. The van der Waals surface area contributed by atoms with Crippen LogP contribution in [0.2, 0.25) is 0 Å². The fraction of sp³-hybridized carbons (Fsp3) is 0.474.